The molecule has 132 valence electrons. The Bertz CT molecular complexity index is 642. The number of nitrogens with one attached hydrogen (secondary N) is 1. The van der Waals surface area contributed by atoms with Gasteiger partial charge in [-0.25, -0.2) is 4.99 Å². The lowest BCUT2D eigenvalue weighted by atomic mass is 9.57. The lowest BCUT2D eigenvalue weighted by Crippen LogP contribution is -2.67. The van der Waals surface area contributed by atoms with Crippen molar-refractivity contribution < 1.29 is 17.9 Å². The van der Waals surface area contributed by atoms with Gasteiger partial charge in [-0.15, -0.1) is 0 Å². The van der Waals surface area contributed by atoms with Crippen LogP contribution in [0.25, 0.3) is 0 Å². The zero-order chi connectivity index (χ0) is 17.5. The summed E-state index contributed by atoms with van der Waals surface area (Å²) >= 11 is 0. The molecule has 24 heavy (non-hydrogen) atoms. The Morgan fingerprint density at radius 2 is 2.17 bits per heavy atom. The number of halogens is 3. The highest BCUT2D eigenvalue weighted by Crippen LogP contribution is 2.52. The van der Waals surface area contributed by atoms with Gasteiger partial charge in [-0.1, -0.05) is 26.0 Å². The molecule has 1 heterocycles. The third-order valence-corrected chi connectivity index (χ3v) is 5.09. The number of alkyl halides is 3. The normalized spacial score (nSPS) is 29.0. The minimum absolute atomic E-state index is 0.0303. The van der Waals surface area contributed by atoms with Crippen molar-refractivity contribution in [2.75, 3.05) is 6.61 Å². The molecule has 2 fully saturated rings. The van der Waals surface area contributed by atoms with Gasteiger partial charge in [-0.3, -0.25) is 0 Å². The molecule has 3 unspecified atom stereocenters. The van der Waals surface area contributed by atoms with Gasteiger partial charge in [0.05, 0.1) is 18.2 Å². The fourth-order valence-corrected chi connectivity index (χ4v) is 3.84. The molecule has 3 rings (SSSR count). The van der Waals surface area contributed by atoms with E-state index in [0.717, 1.165) is 25.2 Å². The van der Waals surface area contributed by atoms with Crippen LogP contribution >= 0.6 is 0 Å². The second-order valence-corrected chi connectivity index (χ2v) is 7.09. The Labute approximate surface area is 139 Å². The molecule has 1 aliphatic carbocycles. The molecule has 0 aromatic heterocycles. The van der Waals surface area contributed by atoms with E-state index >= 15 is 0 Å². The van der Waals surface area contributed by atoms with Crippen LogP contribution in [0.5, 0.6) is 0 Å². The number of ether oxygens (including phenoxy) is 1. The lowest BCUT2D eigenvalue weighted by molar-refractivity contribution is -0.137. The summed E-state index contributed by atoms with van der Waals surface area (Å²) < 4.78 is 43.9. The van der Waals surface area contributed by atoms with Crippen molar-refractivity contribution in [1.29, 1.82) is 0 Å². The number of nitrogens with two attached hydrogens (primary N) is 1. The van der Waals surface area contributed by atoms with E-state index in [2.05, 4.69) is 24.2 Å². The van der Waals surface area contributed by atoms with E-state index in [9.17, 15) is 13.2 Å². The fraction of sp³-hybridized carbons (Fsp3) is 0.588. The number of nitrogens with zero attached hydrogens (tertiary/aromatic N) is 1. The maximum Gasteiger partial charge on any atom is 0.416 e. The molecule has 1 aliphatic heterocycles. The van der Waals surface area contributed by atoms with E-state index in [1.54, 1.807) is 6.07 Å². The first-order chi connectivity index (χ1) is 11.2. The van der Waals surface area contributed by atoms with Crippen molar-refractivity contribution in [1.82, 2.24) is 5.32 Å². The zero-order valence-electron chi connectivity index (χ0n) is 13.7. The fourth-order valence-electron chi connectivity index (χ4n) is 3.84. The van der Waals surface area contributed by atoms with Crippen LogP contribution in [0.1, 0.15) is 31.4 Å². The highest BCUT2D eigenvalue weighted by atomic mass is 19.4. The second kappa shape index (κ2) is 5.95. The number of hydrogen-bond acceptors (Lipinski definition) is 2. The van der Waals surface area contributed by atoms with Crippen LogP contribution in [-0.2, 0) is 17.5 Å². The summed E-state index contributed by atoms with van der Waals surface area (Å²) in [6.45, 7) is 5.12. The van der Waals surface area contributed by atoms with Crippen LogP contribution in [0.4, 0.5) is 13.2 Å². The average Bonchev–Trinajstić information content (AvgIpc) is 2.97. The van der Waals surface area contributed by atoms with Crippen LogP contribution < -0.4 is 11.1 Å². The topological polar surface area (TPSA) is 59.6 Å². The molecule has 1 saturated heterocycles. The van der Waals surface area contributed by atoms with E-state index in [0.29, 0.717) is 11.5 Å². The van der Waals surface area contributed by atoms with Gasteiger partial charge in [0.15, 0.2) is 5.96 Å². The summed E-state index contributed by atoms with van der Waals surface area (Å²) in [6.07, 6.45) is -3.12. The van der Waals surface area contributed by atoms with Crippen LogP contribution in [0.2, 0.25) is 0 Å². The van der Waals surface area contributed by atoms with Crippen molar-refractivity contribution in [3.8, 4) is 0 Å². The van der Waals surface area contributed by atoms with Gasteiger partial charge in [0.1, 0.15) is 0 Å². The first-order valence-corrected chi connectivity index (χ1v) is 8.04. The van der Waals surface area contributed by atoms with Crippen molar-refractivity contribution >= 4 is 5.96 Å². The second-order valence-electron chi connectivity index (χ2n) is 7.09. The molecular formula is C17H22F3N3O. The van der Waals surface area contributed by atoms with E-state index < -0.39 is 11.7 Å². The molecule has 0 amide bonds. The van der Waals surface area contributed by atoms with Gasteiger partial charge in [-0.05, 0) is 24.1 Å². The molecule has 7 heteroatoms. The predicted molar refractivity (Wildman–Crippen MR) is 85.3 cm³/mol. The molecule has 3 N–H and O–H groups in total. The summed E-state index contributed by atoms with van der Waals surface area (Å²) in [5, 5.41) is 3.22. The van der Waals surface area contributed by atoms with Gasteiger partial charge >= 0.3 is 6.18 Å². The first-order valence-electron chi connectivity index (χ1n) is 8.04. The number of guanidine groups is 1. The molecule has 0 radical (unpaired) electrons. The summed E-state index contributed by atoms with van der Waals surface area (Å²) in [7, 11) is 0. The highest BCUT2D eigenvalue weighted by Gasteiger charge is 2.59. The average molecular weight is 341 g/mol. The molecule has 1 aromatic rings. The molecule has 2 aliphatic rings. The monoisotopic (exact) mass is 341 g/mol. The Balaban J connectivity index is 1.63. The standard InChI is InChI=1S/C17H22F3N3O/c1-16(2)13(12-6-7-24-14(12)16)23-15(21)22-9-10-4-3-5-11(8-10)17(18,19)20/h3-5,8,12-14H,6-7,9H2,1-2H3,(H3,21,22,23). The Hall–Kier alpha value is -1.76. The molecule has 1 aromatic carbocycles. The summed E-state index contributed by atoms with van der Waals surface area (Å²) in [6, 6.07) is 5.32. The van der Waals surface area contributed by atoms with Crippen LogP contribution in [-0.4, -0.2) is 24.7 Å². The van der Waals surface area contributed by atoms with Crippen LogP contribution in [0.3, 0.4) is 0 Å². The van der Waals surface area contributed by atoms with Crippen molar-refractivity contribution in [3.05, 3.63) is 35.4 Å². The number of aliphatic imine (C=N–C) groups is 1. The van der Waals surface area contributed by atoms with Gasteiger partial charge in [-0.2, -0.15) is 13.2 Å². The number of fused-ring (bicyclic) bond motifs is 1. The molecule has 3 atom stereocenters. The SMILES string of the molecule is CC1(C)C(NC(N)=NCc2cccc(C(F)(F)F)c2)C2CCOC21. The molecule has 4 nitrogen and oxygen atoms in total. The Morgan fingerprint density at radius 1 is 1.42 bits per heavy atom. The summed E-state index contributed by atoms with van der Waals surface area (Å²) in [5.74, 6) is 0.679. The lowest BCUT2D eigenvalue weighted by Gasteiger charge is -2.54. The third-order valence-electron chi connectivity index (χ3n) is 5.09. The van der Waals surface area contributed by atoms with Gasteiger partial charge in [0, 0.05) is 24.0 Å². The van der Waals surface area contributed by atoms with Gasteiger partial charge < -0.3 is 15.8 Å². The predicted octanol–water partition coefficient (Wildman–Crippen LogP) is 2.92. The third kappa shape index (κ3) is 3.09. The summed E-state index contributed by atoms with van der Waals surface area (Å²) in [5.41, 5.74) is 5.71. The molecule has 1 saturated carbocycles. The Morgan fingerprint density at radius 3 is 2.88 bits per heavy atom. The van der Waals surface area contributed by atoms with Gasteiger partial charge in [0.2, 0.25) is 0 Å². The first kappa shape index (κ1) is 17.1. The summed E-state index contributed by atoms with van der Waals surface area (Å²) in [4.78, 5) is 4.19. The smallest absolute Gasteiger partial charge is 0.377 e. The molecule has 0 bridgehead atoms. The minimum atomic E-state index is -4.35. The number of rotatable bonds is 3. The molecular weight excluding hydrogens is 319 g/mol. The Kier molecular flexibility index (Phi) is 4.23. The van der Waals surface area contributed by atoms with Crippen molar-refractivity contribution in [3.63, 3.8) is 0 Å². The molecule has 0 spiro atoms. The van der Waals surface area contributed by atoms with Crippen molar-refractivity contribution in [2.45, 2.75) is 45.1 Å². The zero-order valence-corrected chi connectivity index (χ0v) is 13.7. The minimum Gasteiger partial charge on any atom is -0.377 e. The van der Waals surface area contributed by atoms with Crippen LogP contribution in [0.15, 0.2) is 29.3 Å². The van der Waals surface area contributed by atoms with Crippen LogP contribution in [0, 0.1) is 11.3 Å². The maximum atomic E-state index is 12.7. The van der Waals surface area contributed by atoms with E-state index in [1.165, 1.54) is 6.07 Å². The largest absolute Gasteiger partial charge is 0.416 e. The van der Waals surface area contributed by atoms with Gasteiger partial charge in [0.25, 0.3) is 0 Å². The van der Waals surface area contributed by atoms with E-state index in [-0.39, 0.29) is 30.1 Å². The maximum absolute atomic E-state index is 12.7. The highest BCUT2D eigenvalue weighted by molar-refractivity contribution is 5.78. The number of hydrogen-bond donors (Lipinski definition) is 2. The number of benzene rings is 1. The van der Waals surface area contributed by atoms with Crippen molar-refractivity contribution in [2.24, 2.45) is 22.1 Å². The quantitative estimate of drug-likeness (QED) is 0.656. The van der Waals surface area contributed by atoms with E-state index in [1.807, 2.05) is 0 Å². The van der Waals surface area contributed by atoms with E-state index in [4.69, 9.17) is 10.5 Å².